The van der Waals surface area contributed by atoms with E-state index >= 15 is 0 Å². The number of hydrogen-bond acceptors (Lipinski definition) is 2. The number of carbonyl (C=O) groups excluding carboxylic acids is 1. The van der Waals surface area contributed by atoms with Crippen LogP contribution in [0.25, 0.3) is 0 Å². The number of aliphatic hydroxyl groups is 1. The summed E-state index contributed by atoms with van der Waals surface area (Å²) in [5.41, 5.74) is 2.68. The van der Waals surface area contributed by atoms with Crippen LogP contribution in [0.5, 0.6) is 0 Å². The molecule has 1 N–H and O–H groups in total. The van der Waals surface area contributed by atoms with Gasteiger partial charge in [-0.05, 0) is 23.0 Å². The molecular weight excluding hydrogens is 238 g/mol. The first kappa shape index (κ1) is 14.1. The van der Waals surface area contributed by atoms with E-state index in [1.165, 1.54) is 11.1 Å². The summed E-state index contributed by atoms with van der Waals surface area (Å²) in [6, 6.07) is 8.51. The van der Waals surface area contributed by atoms with E-state index in [4.69, 9.17) is 5.11 Å². The van der Waals surface area contributed by atoms with Crippen LogP contribution in [0, 0.1) is 0 Å². The fourth-order valence-electron chi connectivity index (χ4n) is 2.24. The summed E-state index contributed by atoms with van der Waals surface area (Å²) in [6.45, 7) is 7.59. The molecule has 0 radical (unpaired) electrons. The molecule has 104 valence electrons. The number of β-amino-alcohol motifs (C(OH)–C–C–N with tert-alkyl or cyclic N) is 1. The van der Waals surface area contributed by atoms with Gasteiger partial charge in [-0.25, -0.2) is 0 Å². The molecule has 19 heavy (non-hydrogen) atoms. The zero-order valence-corrected chi connectivity index (χ0v) is 12.0. The molecule has 1 aromatic rings. The van der Waals surface area contributed by atoms with Gasteiger partial charge in [0.1, 0.15) is 0 Å². The highest BCUT2D eigenvalue weighted by Gasteiger charge is 2.28. The van der Waals surface area contributed by atoms with Crippen LogP contribution >= 0.6 is 0 Å². The third-order valence-electron chi connectivity index (χ3n) is 3.66. The molecule has 0 atom stereocenters. The lowest BCUT2D eigenvalue weighted by Gasteiger charge is -2.35. The molecule has 3 heteroatoms. The quantitative estimate of drug-likeness (QED) is 0.905. The van der Waals surface area contributed by atoms with Crippen molar-refractivity contribution in [3.8, 4) is 0 Å². The van der Waals surface area contributed by atoms with Gasteiger partial charge in [-0.3, -0.25) is 4.79 Å². The highest BCUT2D eigenvalue weighted by molar-refractivity contribution is 5.77. The summed E-state index contributed by atoms with van der Waals surface area (Å²) in [5.74, 6) is 0.144. The molecule has 1 aliphatic heterocycles. The lowest BCUT2D eigenvalue weighted by atomic mass is 9.86. The standard InChI is InChI=1S/C16H23NO2/c1-16(2,3)13-7-4-12(5-8-13)6-9-15(19)17-10-14(18)11-17/h4-5,7-8,14,18H,6,9-11H2,1-3H3. The Labute approximate surface area is 115 Å². The van der Waals surface area contributed by atoms with Crippen LogP contribution < -0.4 is 0 Å². The molecule has 1 aromatic carbocycles. The van der Waals surface area contributed by atoms with Crippen LogP contribution in [0.2, 0.25) is 0 Å². The van der Waals surface area contributed by atoms with Gasteiger partial charge in [-0.2, -0.15) is 0 Å². The molecule has 1 heterocycles. The highest BCUT2D eigenvalue weighted by atomic mass is 16.3. The molecule has 1 fully saturated rings. The predicted octanol–water partition coefficient (Wildman–Crippen LogP) is 2.12. The molecule has 0 saturated carbocycles. The van der Waals surface area contributed by atoms with Crippen LogP contribution in [0.15, 0.2) is 24.3 Å². The Morgan fingerprint density at radius 1 is 1.26 bits per heavy atom. The number of aryl methyl sites for hydroxylation is 1. The Morgan fingerprint density at radius 2 is 1.84 bits per heavy atom. The topological polar surface area (TPSA) is 40.5 Å². The maximum absolute atomic E-state index is 11.8. The third kappa shape index (κ3) is 3.57. The highest BCUT2D eigenvalue weighted by Crippen LogP contribution is 2.22. The van der Waals surface area contributed by atoms with Crippen LogP contribution in [-0.2, 0) is 16.6 Å². The Balaban J connectivity index is 1.85. The van der Waals surface area contributed by atoms with E-state index in [0.717, 1.165) is 6.42 Å². The van der Waals surface area contributed by atoms with E-state index in [1.807, 2.05) is 0 Å². The summed E-state index contributed by atoms with van der Waals surface area (Å²) >= 11 is 0. The first-order chi connectivity index (χ1) is 8.86. The van der Waals surface area contributed by atoms with E-state index in [1.54, 1.807) is 4.90 Å². The van der Waals surface area contributed by atoms with Gasteiger partial charge in [-0.1, -0.05) is 45.0 Å². The molecule has 0 unspecified atom stereocenters. The first-order valence-electron chi connectivity index (χ1n) is 6.91. The fourth-order valence-corrected chi connectivity index (χ4v) is 2.24. The maximum atomic E-state index is 11.8. The molecule has 0 spiro atoms. The minimum absolute atomic E-state index is 0.144. The molecular formula is C16H23NO2. The number of likely N-dealkylation sites (tertiary alicyclic amines) is 1. The van der Waals surface area contributed by atoms with Crippen molar-refractivity contribution < 1.29 is 9.90 Å². The summed E-state index contributed by atoms with van der Waals surface area (Å²) in [7, 11) is 0. The number of aliphatic hydroxyl groups excluding tert-OH is 1. The summed E-state index contributed by atoms with van der Waals surface area (Å²) in [4.78, 5) is 13.5. The van der Waals surface area contributed by atoms with E-state index < -0.39 is 0 Å². The Morgan fingerprint density at radius 3 is 2.32 bits per heavy atom. The van der Waals surface area contributed by atoms with Crippen molar-refractivity contribution in [1.82, 2.24) is 4.90 Å². The number of nitrogens with zero attached hydrogens (tertiary/aromatic N) is 1. The van der Waals surface area contributed by atoms with Crippen molar-refractivity contribution >= 4 is 5.91 Å². The van der Waals surface area contributed by atoms with Gasteiger partial charge < -0.3 is 10.0 Å². The number of hydrogen-bond donors (Lipinski definition) is 1. The van der Waals surface area contributed by atoms with Crippen molar-refractivity contribution in [3.63, 3.8) is 0 Å². The van der Waals surface area contributed by atoms with E-state index in [2.05, 4.69) is 45.0 Å². The number of amides is 1. The maximum Gasteiger partial charge on any atom is 0.223 e. The largest absolute Gasteiger partial charge is 0.389 e. The smallest absolute Gasteiger partial charge is 0.223 e. The van der Waals surface area contributed by atoms with Crippen LogP contribution in [0.3, 0.4) is 0 Å². The average Bonchev–Trinajstić information content (AvgIpc) is 2.31. The molecule has 1 amide bonds. The lowest BCUT2D eigenvalue weighted by Crippen LogP contribution is -2.53. The first-order valence-corrected chi connectivity index (χ1v) is 6.91. The number of carbonyl (C=O) groups is 1. The minimum atomic E-state index is -0.310. The minimum Gasteiger partial charge on any atom is -0.389 e. The van der Waals surface area contributed by atoms with Gasteiger partial charge in [0.15, 0.2) is 0 Å². The second kappa shape index (κ2) is 5.33. The van der Waals surface area contributed by atoms with Crippen LogP contribution in [-0.4, -0.2) is 35.1 Å². The summed E-state index contributed by atoms with van der Waals surface area (Å²) in [5, 5.41) is 9.17. The molecule has 0 aromatic heterocycles. The van der Waals surface area contributed by atoms with Crippen LogP contribution in [0.4, 0.5) is 0 Å². The van der Waals surface area contributed by atoms with Gasteiger partial charge in [0.05, 0.1) is 6.10 Å². The average molecular weight is 261 g/mol. The second-order valence-electron chi connectivity index (χ2n) is 6.40. The monoisotopic (exact) mass is 261 g/mol. The lowest BCUT2D eigenvalue weighted by molar-refractivity contribution is -0.141. The SMILES string of the molecule is CC(C)(C)c1ccc(CCC(=O)N2CC(O)C2)cc1. The molecule has 1 aliphatic rings. The second-order valence-corrected chi connectivity index (χ2v) is 6.40. The molecule has 2 rings (SSSR count). The van der Waals surface area contributed by atoms with Gasteiger partial charge in [0.25, 0.3) is 0 Å². The third-order valence-corrected chi connectivity index (χ3v) is 3.66. The molecule has 0 bridgehead atoms. The van der Waals surface area contributed by atoms with E-state index in [9.17, 15) is 4.79 Å². The van der Waals surface area contributed by atoms with Crippen LogP contribution in [0.1, 0.15) is 38.3 Å². The molecule has 0 aliphatic carbocycles. The van der Waals surface area contributed by atoms with Gasteiger partial charge in [0, 0.05) is 19.5 Å². The number of benzene rings is 1. The zero-order chi connectivity index (χ0) is 14.0. The van der Waals surface area contributed by atoms with Crippen molar-refractivity contribution in [1.29, 1.82) is 0 Å². The van der Waals surface area contributed by atoms with Crippen molar-refractivity contribution in [2.45, 2.75) is 45.1 Å². The van der Waals surface area contributed by atoms with E-state index in [-0.39, 0.29) is 17.4 Å². The number of rotatable bonds is 3. The van der Waals surface area contributed by atoms with Crippen molar-refractivity contribution in [2.75, 3.05) is 13.1 Å². The molecule has 3 nitrogen and oxygen atoms in total. The predicted molar refractivity (Wildman–Crippen MR) is 76.0 cm³/mol. The van der Waals surface area contributed by atoms with Gasteiger partial charge in [-0.15, -0.1) is 0 Å². The zero-order valence-electron chi connectivity index (χ0n) is 12.0. The Hall–Kier alpha value is -1.35. The fraction of sp³-hybridized carbons (Fsp3) is 0.562. The summed E-state index contributed by atoms with van der Waals surface area (Å²) < 4.78 is 0. The molecule has 1 saturated heterocycles. The van der Waals surface area contributed by atoms with Crippen molar-refractivity contribution in [2.24, 2.45) is 0 Å². The van der Waals surface area contributed by atoms with Gasteiger partial charge in [0.2, 0.25) is 5.91 Å². The Kier molecular flexibility index (Phi) is 3.95. The summed E-state index contributed by atoms with van der Waals surface area (Å²) in [6.07, 6.45) is 0.993. The normalized spacial score (nSPS) is 16.3. The Bertz CT molecular complexity index is 439. The van der Waals surface area contributed by atoms with Crippen molar-refractivity contribution in [3.05, 3.63) is 35.4 Å². The van der Waals surface area contributed by atoms with E-state index in [0.29, 0.717) is 19.5 Å². The van der Waals surface area contributed by atoms with Gasteiger partial charge >= 0.3 is 0 Å².